The van der Waals surface area contributed by atoms with Crippen molar-refractivity contribution in [2.45, 2.75) is 0 Å². The van der Waals surface area contributed by atoms with Crippen LogP contribution in [0.3, 0.4) is 0 Å². The number of hydrogen-bond donors (Lipinski definition) is 2. The minimum absolute atomic E-state index is 0.156. The summed E-state index contributed by atoms with van der Waals surface area (Å²) in [4.78, 5) is 17.5. The summed E-state index contributed by atoms with van der Waals surface area (Å²) < 4.78 is 0. The van der Waals surface area contributed by atoms with Crippen molar-refractivity contribution in [3.63, 3.8) is 0 Å². The molecular weight excluding hydrogens is 266 g/mol. The van der Waals surface area contributed by atoms with Crippen LogP contribution in [0.15, 0.2) is 36.7 Å². The fraction of sp³-hybridized carbons (Fsp3) is 0.0769. The van der Waals surface area contributed by atoms with Crippen LogP contribution in [-0.2, 0) is 0 Å². The molecule has 0 saturated carbocycles. The van der Waals surface area contributed by atoms with Gasteiger partial charge < -0.3 is 15.7 Å². The molecular formula is C13H12ClN3O2. The minimum Gasteiger partial charge on any atom is -0.507 e. The van der Waals surface area contributed by atoms with E-state index in [1.54, 1.807) is 13.1 Å². The number of hydrogen-bond acceptors (Lipinski definition) is 4. The van der Waals surface area contributed by atoms with E-state index in [0.717, 1.165) is 0 Å². The molecule has 0 radical (unpaired) electrons. The number of anilines is 2. The fourth-order valence-electron chi connectivity index (χ4n) is 1.68. The van der Waals surface area contributed by atoms with Gasteiger partial charge in [-0.1, -0.05) is 11.6 Å². The molecule has 1 aromatic carbocycles. The van der Waals surface area contributed by atoms with Crippen LogP contribution in [-0.4, -0.2) is 23.0 Å². The summed E-state index contributed by atoms with van der Waals surface area (Å²) in [6.07, 6.45) is 3.00. The van der Waals surface area contributed by atoms with E-state index in [1.165, 1.54) is 35.5 Å². The summed E-state index contributed by atoms with van der Waals surface area (Å²) in [6.45, 7) is 0. The number of pyridine rings is 1. The van der Waals surface area contributed by atoms with E-state index in [9.17, 15) is 9.90 Å². The highest BCUT2D eigenvalue weighted by Crippen LogP contribution is 2.26. The molecule has 1 amide bonds. The number of nitrogen functional groups attached to an aromatic ring is 1. The van der Waals surface area contributed by atoms with E-state index < -0.39 is 0 Å². The Labute approximate surface area is 115 Å². The first-order chi connectivity index (χ1) is 9.00. The number of aromatic hydroxyl groups is 1. The van der Waals surface area contributed by atoms with Crippen LogP contribution >= 0.6 is 11.6 Å². The maximum Gasteiger partial charge on any atom is 0.261 e. The zero-order valence-corrected chi connectivity index (χ0v) is 10.9. The second kappa shape index (κ2) is 5.16. The average molecular weight is 278 g/mol. The standard InChI is InChI=1S/C13H12ClN3O2/c1-17(11-4-5-16-7-10(11)15)13(19)9-3-2-8(14)6-12(9)18/h2-7,18H,15H2,1H3. The van der Waals surface area contributed by atoms with E-state index in [1.807, 2.05) is 0 Å². The van der Waals surface area contributed by atoms with Crippen LogP contribution in [0.5, 0.6) is 5.75 Å². The predicted octanol–water partition coefficient (Wildman–Crippen LogP) is 2.30. The summed E-state index contributed by atoms with van der Waals surface area (Å²) in [6, 6.07) is 5.95. The lowest BCUT2D eigenvalue weighted by Gasteiger charge is -2.19. The Bertz CT molecular complexity index is 631. The number of aromatic nitrogens is 1. The zero-order chi connectivity index (χ0) is 14.0. The van der Waals surface area contributed by atoms with E-state index >= 15 is 0 Å². The van der Waals surface area contributed by atoms with Crippen molar-refractivity contribution < 1.29 is 9.90 Å². The normalized spacial score (nSPS) is 10.2. The molecule has 3 N–H and O–H groups in total. The fourth-order valence-corrected chi connectivity index (χ4v) is 1.85. The molecule has 2 aromatic rings. The number of carbonyl (C=O) groups excluding carboxylic acids is 1. The molecule has 1 heterocycles. The molecule has 0 aliphatic rings. The average Bonchev–Trinajstić information content (AvgIpc) is 2.38. The summed E-state index contributed by atoms with van der Waals surface area (Å²) >= 11 is 5.73. The number of nitrogens with two attached hydrogens (primary N) is 1. The topological polar surface area (TPSA) is 79.5 Å². The highest BCUT2D eigenvalue weighted by atomic mass is 35.5. The quantitative estimate of drug-likeness (QED) is 0.883. The number of phenolic OH excluding ortho intramolecular Hbond substituents is 1. The molecule has 5 nitrogen and oxygen atoms in total. The van der Waals surface area contributed by atoms with Crippen molar-refractivity contribution in [1.29, 1.82) is 0 Å². The summed E-state index contributed by atoms with van der Waals surface area (Å²) in [5.41, 5.74) is 6.82. The van der Waals surface area contributed by atoms with Gasteiger partial charge in [-0.15, -0.1) is 0 Å². The number of benzene rings is 1. The molecule has 0 fully saturated rings. The van der Waals surface area contributed by atoms with Gasteiger partial charge in [0.1, 0.15) is 5.75 Å². The Morgan fingerprint density at radius 3 is 2.79 bits per heavy atom. The van der Waals surface area contributed by atoms with Gasteiger partial charge in [-0.3, -0.25) is 9.78 Å². The van der Waals surface area contributed by atoms with Gasteiger partial charge in [0.15, 0.2) is 0 Å². The van der Waals surface area contributed by atoms with Crippen molar-refractivity contribution in [1.82, 2.24) is 4.98 Å². The Kier molecular flexibility index (Phi) is 3.57. The molecule has 0 bridgehead atoms. The number of carbonyl (C=O) groups is 1. The van der Waals surface area contributed by atoms with Crippen LogP contribution in [0.4, 0.5) is 11.4 Å². The molecule has 98 valence electrons. The largest absolute Gasteiger partial charge is 0.507 e. The third-order valence-electron chi connectivity index (χ3n) is 2.68. The van der Waals surface area contributed by atoms with E-state index in [2.05, 4.69) is 4.98 Å². The van der Waals surface area contributed by atoms with Gasteiger partial charge >= 0.3 is 0 Å². The van der Waals surface area contributed by atoms with Crippen molar-refractivity contribution in [3.8, 4) is 5.75 Å². The van der Waals surface area contributed by atoms with E-state index in [0.29, 0.717) is 16.4 Å². The second-order valence-electron chi connectivity index (χ2n) is 3.96. The summed E-state index contributed by atoms with van der Waals surface area (Å²) in [5.74, 6) is -0.552. The van der Waals surface area contributed by atoms with Gasteiger partial charge in [0.25, 0.3) is 5.91 Å². The van der Waals surface area contributed by atoms with Crippen LogP contribution in [0.1, 0.15) is 10.4 Å². The highest BCUT2D eigenvalue weighted by molar-refractivity contribution is 6.31. The van der Waals surface area contributed by atoms with Gasteiger partial charge in [0.05, 0.1) is 23.1 Å². The van der Waals surface area contributed by atoms with Crippen LogP contribution in [0.25, 0.3) is 0 Å². The van der Waals surface area contributed by atoms with Crippen LogP contribution in [0, 0.1) is 0 Å². The Morgan fingerprint density at radius 2 is 2.16 bits per heavy atom. The van der Waals surface area contributed by atoms with E-state index in [-0.39, 0.29) is 17.2 Å². The van der Waals surface area contributed by atoms with Gasteiger partial charge in [-0.05, 0) is 24.3 Å². The number of nitrogens with zero attached hydrogens (tertiary/aromatic N) is 2. The Balaban J connectivity index is 2.37. The Morgan fingerprint density at radius 1 is 1.42 bits per heavy atom. The third-order valence-corrected chi connectivity index (χ3v) is 2.92. The summed E-state index contributed by atoms with van der Waals surface area (Å²) in [7, 11) is 1.57. The first-order valence-corrected chi connectivity index (χ1v) is 5.84. The number of halogens is 1. The van der Waals surface area contributed by atoms with Gasteiger partial charge in [-0.2, -0.15) is 0 Å². The number of amides is 1. The lowest BCUT2D eigenvalue weighted by Crippen LogP contribution is -2.27. The van der Waals surface area contributed by atoms with Crippen molar-refractivity contribution in [2.75, 3.05) is 17.7 Å². The van der Waals surface area contributed by atoms with E-state index in [4.69, 9.17) is 17.3 Å². The van der Waals surface area contributed by atoms with Crippen molar-refractivity contribution >= 4 is 28.9 Å². The third kappa shape index (κ3) is 2.61. The molecule has 6 heteroatoms. The highest BCUT2D eigenvalue weighted by Gasteiger charge is 2.18. The first kappa shape index (κ1) is 13.2. The number of rotatable bonds is 2. The molecule has 2 rings (SSSR count). The molecule has 0 spiro atoms. The molecule has 19 heavy (non-hydrogen) atoms. The van der Waals surface area contributed by atoms with Crippen LogP contribution in [0.2, 0.25) is 5.02 Å². The minimum atomic E-state index is -0.382. The monoisotopic (exact) mass is 277 g/mol. The maximum absolute atomic E-state index is 12.3. The SMILES string of the molecule is CN(C(=O)c1ccc(Cl)cc1O)c1ccncc1N. The van der Waals surface area contributed by atoms with Gasteiger partial charge in [0, 0.05) is 18.3 Å². The maximum atomic E-state index is 12.3. The molecule has 0 unspecified atom stereocenters. The lowest BCUT2D eigenvalue weighted by atomic mass is 10.1. The van der Waals surface area contributed by atoms with Gasteiger partial charge in [0.2, 0.25) is 0 Å². The molecule has 0 atom stereocenters. The van der Waals surface area contributed by atoms with Gasteiger partial charge in [-0.25, -0.2) is 0 Å². The smallest absolute Gasteiger partial charge is 0.261 e. The summed E-state index contributed by atoms with van der Waals surface area (Å²) in [5, 5.41) is 10.1. The first-order valence-electron chi connectivity index (χ1n) is 5.46. The second-order valence-corrected chi connectivity index (χ2v) is 4.40. The zero-order valence-electron chi connectivity index (χ0n) is 10.2. The molecule has 0 aliphatic carbocycles. The number of phenols is 1. The predicted molar refractivity (Wildman–Crippen MR) is 74.5 cm³/mol. The van der Waals surface area contributed by atoms with Crippen molar-refractivity contribution in [3.05, 3.63) is 47.2 Å². The Hall–Kier alpha value is -2.27. The molecule has 0 saturated heterocycles. The lowest BCUT2D eigenvalue weighted by molar-refractivity contribution is 0.0990. The van der Waals surface area contributed by atoms with Crippen molar-refractivity contribution in [2.24, 2.45) is 0 Å². The molecule has 1 aromatic heterocycles. The van der Waals surface area contributed by atoms with Crippen LogP contribution < -0.4 is 10.6 Å². The molecule has 0 aliphatic heterocycles.